The third kappa shape index (κ3) is 2.23. The SMILES string of the molecule is CCC(O)Cn1cc(N)cn1. The Kier molecular flexibility index (Phi) is 2.48. The van der Waals surface area contributed by atoms with Crippen molar-refractivity contribution in [2.45, 2.75) is 26.0 Å². The molecule has 0 aromatic carbocycles. The second kappa shape index (κ2) is 3.39. The first-order chi connectivity index (χ1) is 5.22. The molecule has 11 heavy (non-hydrogen) atoms. The van der Waals surface area contributed by atoms with Crippen LogP contribution in [-0.2, 0) is 6.54 Å². The van der Waals surface area contributed by atoms with Crippen LogP contribution in [-0.4, -0.2) is 21.0 Å². The molecule has 1 heterocycles. The Hall–Kier alpha value is -1.03. The first kappa shape index (κ1) is 8.07. The van der Waals surface area contributed by atoms with E-state index in [1.165, 1.54) is 0 Å². The fraction of sp³-hybridized carbons (Fsp3) is 0.571. The highest BCUT2D eigenvalue weighted by Crippen LogP contribution is 2.00. The van der Waals surface area contributed by atoms with Gasteiger partial charge in [0.2, 0.25) is 0 Å². The number of nitrogens with zero attached hydrogens (tertiary/aromatic N) is 2. The highest BCUT2D eigenvalue weighted by molar-refractivity contribution is 5.30. The van der Waals surface area contributed by atoms with Gasteiger partial charge in [0.25, 0.3) is 0 Å². The van der Waals surface area contributed by atoms with Crippen LogP contribution >= 0.6 is 0 Å². The molecule has 1 atom stereocenters. The second-order valence-electron chi connectivity index (χ2n) is 2.56. The van der Waals surface area contributed by atoms with Gasteiger partial charge < -0.3 is 10.8 Å². The molecule has 0 aliphatic heterocycles. The molecule has 4 heteroatoms. The van der Waals surface area contributed by atoms with E-state index in [1.54, 1.807) is 17.1 Å². The zero-order valence-corrected chi connectivity index (χ0v) is 6.57. The molecular formula is C7H13N3O. The van der Waals surface area contributed by atoms with E-state index >= 15 is 0 Å². The van der Waals surface area contributed by atoms with Crippen LogP contribution < -0.4 is 5.73 Å². The smallest absolute Gasteiger partial charge is 0.0733 e. The fourth-order valence-electron chi connectivity index (χ4n) is 0.824. The summed E-state index contributed by atoms with van der Waals surface area (Å²) in [6.45, 7) is 2.45. The molecule has 1 aromatic rings. The van der Waals surface area contributed by atoms with Gasteiger partial charge in [0.1, 0.15) is 0 Å². The second-order valence-corrected chi connectivity index (χ2v) is 2.56. The third-order valence-electron chi connectivity index (χ3n) is 1.52. The van der Waals surface area contributed by atoms with Gasteiger partial charge in [0.05, 0.1) is 24.5 Å². The minimum absolute atomic E-state index is 0.325. The summed E-state index contributed by atoms with van der Waals surface area (Å²) in [5.41, 5.74) is 6.06. The molecule has 1 aromatic heterocycles. The first-order valence-corrected chi connectivity index (χ1v) is 3.68. The van der Waals surface area contributed by atoms with E-state index in [9.17, 15) is 5.11 Å². The Morgan fingerprint density at radius 1 is 1.82 bits per heavy atom. The molecule has 0 aliphatic carbocycles. The zero-order chi connectivity index (χ0) is 8.27. The summed E-state index contributed by atoms with van der Waals surface area (Å²) in [4.78, 5) is 0. The van der Waals surface area contributed by atoms with Gasteiger partial charge in [-0.15, -0.1) is 0 Å². The summed E-state index contributed by atoms with van der Waals surface area (Å²) in [7, 11) is 0. The molecule has 0 bridgehead atoms. The molecule has 0 spiro atoms. The molecule has 62 valence electrons. The molecule has 0 saturated carbocycles. The summed E-state index contributed by atoms with van der Waals surface area (Å²) in [6, 6.07) is 0. The van der Waals surface area contributed by atoms with Crippen molar-refractivity contribution in [3.8, 4) is 0 Å². The number of aliphatic hydroxyl groups is 1. The van der Waals surface area contributed by atoms with E-state index in [2.05, 4.69) is 5.10 Å². The fourth-order valence-corrected chi connectivity index (χ4v) is 0.824. The summed E-state index contributed by atoms with van der Waals surface area (Å²) < 4.78 is 1.64. The predicted octanol–water partition coefficient (Wildman–Crippen LogP) is 0.236. The van der Waals surface area contributed by atoms with Gasteiger partial charge in [0, 0.05) is 6.20 Å². The van der Waals surface area contributed by atoms with E-state index in [0.29, 0.717) is 12.2 Å². The van der Waals surface area contributed by atoms with Gasteiger partial charge in [-0.05, 0) is 6.42 Å². The van der Waals surface area contributed by atoms with Crippen LogP contribution in [0.2, 0.25) is 0 Å². The lowest BCUT2D eigenvalue weighted by atomic mass is 10.3. The number of rotatable bonds is 3. The van der Waals surface area contributed by atoms with Crippen molar-refractivity contribution < 1.29 is 5.11 Å². The predicted molar refractivity (Wildman–Crippen MR) is 42.9 cm³/mol. The number of aromatic nitrogens is 2. The topological polar surface area (TPSA) is 64.1 Å². The van der Waals surface area contributed by atoms with Crippen LogP contribution in [0.5, 0.6) is 0 Å². The van der Waals surface area contributed by atoms with Crippen molar-refractivity contribution >= 4 is 5.69 Å². The minimum Gasteiger partial charge on any atom is -0.396 e. The lowest BCUT2D eigenvalue weighted by molar-refractivity contribution is 0.145. The lowest BCUT2D eigenvalue weighted by Gasteiger charge is -2.06. The molecule has 3 N–H and O–H groups in total. The van der Waals surface area contributed by atoms with Crippen molar-refractivity contribution in [3.05, 3.63) is 12.4 Å². The molecule has 1 rings (SSSR count). The largest absolute Gasteiger partial charge is 0.396 e. The summed E-state index contributed by atoms with van der Waals surface area (Å²) in [5.74, 6) is 0. The normalized spacial score (nSPS) is 13.3. The van der Waals surface area contributed by atoms with E-state index in [4.69, 9.17) is 5.73 Å². The molecule has 1 unspecified atom stereocenters. The van der Waals surface area contributed by atoms with Crippen molar-refractivity contribution in [1.29, 1.82) is 0 Å². The first-order valence-electron chi connectivity index (χ1n) is 3.68. The number of hydrogen-bond acceptors (Lipinski definition) is 3. The van der Waals surface area contributed by atoms with Gasteiger partial charge in [-0.3, -0.25) is 4.68 Å². The monoisotopic (exact) mass is 155 g/mol. The molecule has 0 fully saturated rings. The Balaban J connectivity index is 2.50. The summed E-state index contributed by atoms with van der Waals surface area (Å²) in [5, 5.41) is 13.2. The van der Waals surface area contributed by atoms with Gasteiger partial charge >= 0.3 is 0 Å². The van der Waals surface area contributed by atoms with E-state index in [0.717, 1.165) is 6.42 Å². The molecule has 0 amide bonds. The number of nitrogen functional groups attached to an aromatic ring is 1. The van der Waals surface area contributed by atoms with Crippen molar-refractivity contribution in [3.63, 3.8) is 0 Å². The Morgan fingerprint density at radius 2 is 2.55 bits per heavy atom. The molecule has 0 radical (unpaired) electrons. The van der Waals surface area contributed by atoms with Crippen LogP contribution in [0.1, 0.15) is 13.3 Å². The van der Waals surface area contributed by atoms with Crippen LogP contribution in [0, 0.1) is 0 Å². The van der Waals surface area contributed by atoms with Crippen molar-refractivity contribution in [1.82, 2.24) is 9.78 Å². The van der Waals surface area contributed by atoms with Gasteiger partial charge in [-0.1, -0.05) is 6.92 Å². The minimum atomic E-state index is -0.325. The van der Waals surface area contributed by atoms with Crippen LogP contribution in [0.15, 0.2) is 12.4 Å². The Bertz CT molecular complexity index is 221. The number of hydrogen-bond donors (Lipinski definition) is 2. The standard InChI is InChI=1S/C7H13N3O/c1-2-7(11)5-10-4-6(8)3-9-10/h3-4,7,11H,2,5,8H2,1H3. The van der Waals surface area contributed by atoms with Crippen molar-refractivity contribution in [2.75, 3.05) is 5.73 Å². The average molecular weight is 155 g/mol. The number of nitrogens with two attached hydrogens (primary N) is 1. The maximum absolute atomic E-state index is 9.22. The maximum atomic E-state index is 9.22. The Labute approximate surface area is 65.6 Å². The average Bonchev–Trinajstić information content (AvgIpc) is 2.35. The number of anilines is 1. The van der Waals surface area contributed by atoms with Gasteiger partial charge in [-0.2, -0.15) is 5.10 Å². The lowest BCUT2D eigenvalue weighted by Crippen LogP contribution is -2.14. The highest BCUT2D eigenvalue weighted by Gasteiger charge is 2.01. The highest BCUT2D eigenvalue weighted by atomic mass is 16.3. The van der Waals surface area contributed by atoms with Gasteiger partial charge in [0.15, 0.2) is 0 Å². The third-order valence-corrected chi connectivity index (χ3v) is 1.52. The summed E-state index contributed by atoms with van der Waals surface area (Å²) >= 11 is 0. The molecular weight excluding hydrogens is 142 g/mol. The van der Waals surface area contributed by atoms with E-state index in [1.807, 2.05) is 6.92 Å². The maximum Gasteiger partial charge on any atom is 0.0733 e. The van der Waals surface area contributed by atoms with Crippen LogP contribution in [0.4, 0.5) is 5.69 Å². The molecule has 4 nitrogen and oxygen atoms in total. The van der Waals surface area contributed by atoms with Crippen molar-refractivity contribution in [2.24, 2.45) is 0 Å². The quantitative estimate of drug-likeness (QED) is 0.657. The Morgan fingerprint density at radius 3 is 3.00 bits per heavy atom. The van der Waals surface area contributed by atoms with E-state index in [-0.39, 0.29) is 6.10 Å². The van der Waals surface area contributed by atoms with Crippen LogP contribution in [0.25, 0.3) is 0 Å². The zero-order valence-electron chi connectivity index (χ0n) is 6.57. The molecule has 0 aliphatic rings. The number of aliphatic hydroxyl groups excluding tert-OH is 1. The molecule has 0 saturated heterocycles. The van der Waals surface area contributed by atoms with E-state index < -0.39 is 0 Å². The summed E-state index contributed by atoms with van der Waals surface area (Å²) in [6.07, 6.45) is 3.69. The van der Waals surface area contributed by atoms with Crippen LogP contribution in [0.3, 0.4) is 0 Å². The van der Waals surface area contributed by atoms with Gasteiger partial charge in [-0.25, -0.2) is 0 Å².